The Labute approximate surface area is 60.8 Å². The Morgan fingerprint density at radius 3 is 2.00 bits per heavy atom. The van der Waals surface area contributed by atoms with Gasteiger partial charge in [0.1, 0.15) is 0 Å². The fourth-order valence-corrected chi connectivity index (χ4v) is 0.158. The van der Waals surface area contributed by atoms with Gasteiger partial charge in [0.05, 0.1) is 6.26 Å². The Balaban J connectivity index is 0. The van der Waals surface area contributed by atoms with Crippen molar-refractivity contribution in [2.24, 2.45) is 0 Å². The lowest BCUT2D eigenvalue weighted by molar-refractivity contribution is 0.287. The molecule has 0 saturated carbocycles. The Bertz CT molecular complexity index is 49.0. The summed E-state index contributed by atoms with van der Waals surface area (Å²) >= 11 is 4.76. The van der Waals surface area contributed by atoms with Crippen LogP contribution in [0.5, 0.6) is 0 Å². The average Bonchev–Trinajstić information content (AvgIpc) is 1.91. The molecular formula is C6H13ClO2. The predicted molar refractivity (Wildman–Crippen MR) is 39.6 cm³/mol. The minimum Gasteiger partial charge on any atom is -0.515 e. The van der Waals surface area contributed by atoms with Crippen molar-refractivity contribution >= 4 is 11.6 Å². The molecule has 0 unspecified atom stereocenters. The first-order valence-corrected chi connectivity index (χ1v) is 3.27. The molecule has 0 amide bonds. The lowest BCUT2D eigenvalue weighted by Crippen LogP contribution is -1.75. The molecule has 0 aliphatic rings. The van der Waals surface area contributed by atoms with Crippen LogP contribution in [-0.2, 0) is 0 Å². The second-order valence-electron chi connectivity index (χ2n) is 1.35. The highest BCUT2D eigenvalue weighted by Crippen LogP contribution is 1.78. The first kappa shape index (κ1) is 11.6. The molecule has 0 fully saturated rings. The second-order valence-corrected chi connectivity index (χ2v) is 1.60. The summed E-state index contributed by atoms with van der Waals surface area (Å²) in [4.78, 5) is 0. The van der Waals surface area contributed by atoms with E-state index in [4.69, 9.17) is 21.8 Å². The zero-order valence-electron chi connectivity index (χ0n) is 5.55. The third kappa shape index (κ3) is 33.5. The first-order valence-electron chi connectivity index (χ1n) is 2.83. The maximum absolute atomic E-state index is 8.07. The number of aliphatic hydroxyl groups is 2. The Morgan fingerprint density at radius 2 is 2.00 bits per heavy atom. The van der Waals surface area contributed by atoms with Gasteiger partial charge in [0.15, 0.2) is 0 Å². The number of halogens is 1. The predicted octanol–water partition coefficient (Wildman–Crippen LogP) is 2.03. The summed E-state index contributed by atoms with van der Waals surface area (Å²) in [5.74, 6) is 0. The van der Waals surface area contributed by atoms with E-state index >= 15 is 0 Å². The number of unbranched alkanes of at least 4 members (excludes halogenated alkanes) is 1. The third-order valence-corrected chi connectivity index (χ3v) is 0.681. The standard InChI is InChI=1S/C4H10O.C2H3ClO/c1-2-3-4-5;3-1-2-4/h5H,2-4H2,1H3;1-2,4H. The van der Waals surface area contributed by atoms with Crippen molar-refractivity contribution < 1.29 is 10.2 Å². The van der Waals surface area contributed by atoms with Crippen LogP contribution in [0.4, 0.5) is 0 Å². The molecule has 9 heavy (non-hydrogen) atoms. The molecule has 0 rings (SSSR count). The van der Waals surface area contributed by atoms with Crippen LogP contribution in [0.1, 0.15) is 19.8 Å². The van der Waals surface area contributed by atoms with E-state index < -0.39 is 0 Å². The molecule has 0 aromatic carbocycles. The number of hydrogen-bond acceptors (Lipinski definition) is 2. The van der Waals surface area contributed by atoms with Gasteiger partial charge >= 0.3 is 0 Å². The highest BCUT2D eigenvalue weighted by atomic mass is 35.5. The molecule has 0 heterocycles. The van der Waals surface area contributed by atoms with E-state index in [0.29, 0.717) is 6.61 Å². The summed E-state index contributed by atoms with van der Waals surface area (Å²) in [5.41, 5.74) is 1.03. The van der Waals surface area contributed by atoms with E-state index in [9.17, 15) is 0 Å². The lowest BCUT2D eigenvalue weighted by atomic mass is 10.4. The SMILES string of the molecule is CCCCO.OC=CCl. The van der Waals surface area contributed by atoms with Crippen molar-refractivity contribution in [3.05, 3.63) is 11.8 Å². The highest BCUT2D eigenvalue weighted by Gasteiger charge is 1.69. The van der Waals surface area contributed by atoms with Crippen LogP contribution in [0.3, 0.4) is 0 Å². The molecule has 2 nitrogen and oxygen atoms in total. The van der Waals surface area contributed by atoms with Gasteiger partial charge in [-0.1, -0.05) is 24.9 Å². The van der Waals surface area contributed by atoms with Crippen LogP contribution < -0.4 is 0 Å². The zero-order chi connectivity index (χ0) is 7.54. The number of hydrogen-bond donors (Lipinski definition) is 2. The van der Waals surface area contributed by atoms with Gasteiger partial charge in [0.2, 0.25) is 0 Å². The second kappa shape index (κ2) is 15.7. The van der Waals surface area contributed by atoms with Crippen molar-refractivity contribution in [3.63, 3.8) is 0 Å². The summed E-state index contributed by atoms with van der Waals surface area (Å²) < 4.78 is 0. The van der Waals surface area contributed by atoms with Crippen LogP contribution in [-0.4, -0.2) is 16.8 Å². The van der Waals surface area contributed by atoms with Crippen LogP contribution in [0.15, 0.2) is 11.8 Å². The van der Waals surface area contributed by atoms with Crippen LogP contribution in [0.2, 0.25) is 0 Å². The van der Waals surface area contributed by atoms with E-state index in [1.54, 1.807) is 0 Å². The summed E-state index contributed by atoms with van der Waals surface area (Å²) in [5, 5.41) is 15.6. The number of rotatable bonds is 2. The first-order chi connectivity index (χ1) is 4.33. The van der Waals surface area contributed by atoms with E-state index in [0.717, 1.165) is 24.6 Å². The monoisotopic (exact) mass is 152 g/mol. The molecule has 3 heteroatoms. The van der Waals surface area contributed by atoms with E-state index in [1.165, 1.54) is 0 Å². The molecule has 0 spiro atoms. The maximum Gasteiger partial charge on any atom is 0.0904 e. The van der Waals surface area contributed by atoms with Gasteiger partial charge in [0, 0.05) is 12.1 Å². The quantitative estimate of drug-likeness (QED) is 0.595. The highest BCUT2D eigenvalue weighted by molar-refractivity contribution is 6.25. The van der Waals surface area contributed by atoms with Crippen molar-refractivity contribution in [1.29, 1.82) is 0 Å². The largest absolute Gasteiger partial charge is 0.515 e. The van der Waals surface area contributed by atoms with Crippen molar-refractivity contribution in [2.45, 2.75) is 19.8 Å². The van der Waals surface area contributed by atoms with E-state index in [-0.39, 0.29) is 0 Å². The fourth-order valence-electron chi connectivity index (χ4n) is 0.158. The van der Waals surface area contributed by atoms with Crippen molar-refractivity contribution in [2.75, 3.05) is 6.61 Å². The maximum atomic E-state index is 8.07. The molecule has 0 saturated heterocycles. The molecule has 56 valence electrons. The van der Waals surface area contributed by atoms with Gasteiger partial charge in [-0.05, 0) is 6.42 Å². The van der Waals surface area contributed by atoms with Crippen LogP contribution in [0.25, 0.3) is 0 Å². The van der Waals surface area contributed by atoms with Crippen molar-refractivity contribution in [1.82, 2.24) is 0 Å². The Kier molecular flexibility index (Phi) is 20.1. The van der Waals surface area contributed by atoms with Crippen molar-refractivity contribution in [3.8, 4) is 0 Å². The molecule has 0 aliphatic heterocycles. The summed E-state index contributed by atoms with van der Waals surface area (Å²) in [6.45, 7) is 2.40. The average molecular weight is 153 g/mol. The smallest absolute Gasteiger partial charge is 0.0904 e. The van der Waals surface area contributed by atoms with Gasteiger partial charge < -0.3 is 10.2 Å². The molecule has 0 radical (unpaired) electrons. The third-order valence-electron chi connectivity index (χ3n) is 0.568. The van der Waals surface area contributed by atoms with Gasteiger partial charge in [-0.15, -0.1) is 0 Å². The minimum atomic E-state index is 0.344. The normalized spacial score (nSPS) is 8.78. The van der Waals surface area contributed by atoms with E-state index in [1.807, 2.05) is 0 Å². The molecular weight excluding hydrogens is 140 g/mol. The molecule has 0 atom stereocenters. The molecule has 0 aromatic heterocycles. The molecule has 2 N–H and O–H groups in total. The van der Waals surface area contributed by atoms with Crippen LogP contribution >= 0.6 is 11.6 Å². The Hall–Kier alpha value is -0.210. The van der Waals surface area contributed by atoms with Gasteiger partial charge in [-0.25, -0.2) is 0 Å². The fraction of sp³-hybridized carbons (Fsp3) is 0.667. The topological polar surface area (TPSA) is 40.5 Å². The van der Waals surface area contributed by atoms with Gasteiger partial charge in [-0.2, -0.15) is 0 Å². The van der Waals surface area contributed by atoms with E-state index in [2.05, 4.69) is 6.92 Å². The number of aliphatic hydroxyl groups excluding tert-OH is 2. The molecule has 0 bridgehead atoms. The molecule has 0 aliphatic carbocycles. The van der Waals surface area contributed by atoms with Gasteiger partial charge in [0.25, 0.3) is 0 Å². The Morgan fingerprint density at radius 1 is 1.56 bits per heavy atom. The summed E-state index contributed by atoms with van der Waals surface area (Å²) in [7, 11) is 0. The lowest BCUT2D eigenvalue weighted by Gasteiger charge is -1.79. The minimum absolute atomic E-state index is 0.344. The summed E-state index contributed by atoms with van der Waals surface area (Å²) in [6.07, 6.45) is 2.80. The summed E-state index contributed by atoms with van der Waals surface area (Å²) in [6, 6.07) is 0. The zero-order valence-corrected chi connectivity index (χ0v) is 6.30. The van der Waals surface area contributed by atoms with Crippen LogP contribution in [0, 0.1) is 0 Å². The molecule has 0 aromatic rings. The van der Waals surface area contributed by atoms with Gasteiger partial charge in [-0.3, -0.25) is 0 Å².